The molecule has 1 atom stereocenters. The van der Waals surface area contributed by atoms with Gasteiger partial charge in [-0.1, -0.05) is 59.1 Å². The predicted octanol–water partition coefficient (Wildman–Crippen LogP) is 5.07. The molecule has 1 aromatic rings. The van der Waals surface area contributed by atoms with Gasteiger partial charge >= 0.3 is 0 Å². The van der Waals surface area contributed by atoms with Crippen LogP contribution in [0.2, 0.25) is 0 Å². The first-order chi connectivity index (χ1) is 8.52. The molecule has 0 saturated carbocycles. The van der Waals surface area contributed by atoms with Gasteiger partial charge in [-0.05, 0) is 29.0 Å². The lowest BCUT2D eigenvalue weighted by atomic mass is 9.84. The molecule has 0 spiro atoms. The van der Waals surface area contributed by atoms with Gasteiger partial charge in [0.1, 0.15) is 0 Å². The van der Waals surface area contributed by atoms with Gasteiger partial charge in [0, 0.05) is 18.2 Å². The standard InChI is InChI=1S/C17H27N/c1-5-6-7-8-13-12-18-16-10-9-14(11-15(13)16)17(2,3)4/h9-11,13,18H,5-8,12H2,1-4H3. The van der Waals surface area contributed by atoms with Crippen molar-refractivity contribution >= 4 is 5.69 Å². The SMILES string of the molecule is CCCCCC1CNc2ccc(C(C)(C)C)cc21. The number of rotatable bonds is 4. The molecular formula is C17H27N. The van der Waals surface area contributed by atoms with Crippen LogP contribution in [0.25, 0.3) is 0 Å². The van der Waals surface area contributed by atoms with Crippen molar-refractivity contribution in [3.8, 4) is 0 Å². The molecule has 100 valence electrons. The molecule has 0 radical (unpaired) electrons. The summed E-state index contributed by atoms with van der Waals surface area (Å²) in [5.41, 5.74) is 4.64. The van der Waals surface area contributed by atoms with E-state index in [0.717, 1.165) is 12.5 Å². The summed E-state index contributed by atoms with van der Waals surface area (Å²) in [6, 6.07) is 6.99. The molecule has 1 aliphatic heterocycles. The van der Waals surface area contributed by atoms with Gasteiger partial charge in [-0.2, -0.15) is 0 Å². The Hall–Kier alpha value is -0.980. The molecule has 1 heterocycles. The van der Waals surface area contributed by atoms with Crippen LogP contribution in [0.4, 0.5) is 5.69 Å². The number of nitrogens with one attached hydrogen (secondary N) is 1. The molecule has 1 unspecified atom stereocenters. The monoisotopic (exact) mass is 245 g/mol. The van der Waals surface area contributed by atoms with Crippen LogP contribution in [-0.2, 0) is 5.41 Å². The van der Waals surface area contributed by atoms with Gasteiger partial charge in [0.25, 0.3) is 0 Å². The average molecular weight is 245 g/mol. The summed E-state index contributed by atoms with van der Waals surface area (Å²) in [6.07, 6.45) is 5.38. The van der Waals surface area contributed by atoms with Crippen LogP contribution in [0, 0.1) is 0 Å². The summed E-state index contributed by atoms with van der Waals surface area (Å²) >= 11 is 0. The number of anilines is 1. The van der Waals surface area contributed by atoms with Gasteiger partial charge in [-0.3, -0.25) is 0 Å². The second kappa shape index (κ2) is 5.34. The van der Waals surface area contributed by atoms with E-state index < -0.39 is 0 Å². The van der Waals surface area contributed by atoms with Gasteiger partial charge in [-0.15, -0.1) is 0 Å². The molecule has 1 aliphatic rings. The zero-order valence-electron chi connectivity index (χ0n) is 12.3. The minimum Gasteiger partial charge on any atom is -0.384 e. The smallest absolute Gasteiger partial charge is 0.0376 e. The third-order valence-electron chi connectivity index (χ3n) is 4.05. The van der Waals surface area contributed by atoms with Crippen LogP contribution in [0.15, 0.2) is 18.2 Å². The molecule has 0 fully saturated rings. The summed E-state index contributed by atoms with van der Waals surface area (Å²) in [7, 11) is 0. The summed E-state index contributed by atoms with van der Waals surface area (Å²) < 4.78 is 0. The van der Waals surface area contributed by atoms with Gasteiger partial charge in [0.05, 0.1) is 0 Å². The van der Waals surface area contributed by atoms with E-state index in [4.69, 9.17) is 0 Å². The third kappa shape index (κ3) is 2.88. The van der Waals surface area contributed by atoms with Gasteiger partial charge in [0.15, 0.2) is 0 Å². The highest BCUT2D eigenvalue weighted by molar-refractivity contribution is 5.59. The first-order valence-corrected chi connectivity index (χ1v) is 7.40. The Bertz CT molecular complexity index is 401. The van der Waals surface area contributed by atoms with E-state index in [1.54, 1.807) is 5.56 Å². The number of benzene rings is 1. The Kier molecular flexibility index (Phi) is 3.99. The highest BCUT2D eigenvalue weighted by atomic mass is 14.9. The predicted molar refractivity (Wildman–Crippen MR) is 80.5 cm³/mol. The Balaban J connectivity index is 2.15. The topological polar surface area (TPSA) is 12.0 Å². The van der Waals surface area contributed by atoms with Crippen molar-refractivity contribution in [1.29, 1.82) is 0 Å². The van der Waals surface area contributed by atoms with Crippen molar-refractivity contribution in [2.24, 2.45) is 0 Å². The summed E-state index contributed by atoms with van der Waals surface area (Å²) in [4.78, 5) is 0. The van der Waals surface area contributed by atoms with Crippen LogP contribution in [0.1, 0.15) is 70.4 Å². The fourth-order valence-corrected chi connectivity index (χ4v) is 2.77. The lowest BCUT2D eigenvalue weighted by Crippen LogP contribution is -2.11. The Morgan fingerprint density at radius 3 is 2.67 bits per heavy atom. The van der Waals surface area contributed by atoms with Crippen LogP contribution >= 0.6 is 0 Å². The molecule has 0 aromatic heterocycles. The van der Waals surface area contributed by atoms with Crippen LogP contribution < -0.4 is 5.32 Å². The molecule has 18 heavy (non-hydrogen) atoms. The van der Waals surface area contributed by atoms with E-state index in [1.165, 1.54) is 36.9 Å². The van der Waals surface area contributed by atoms with Crippen LogP contribution in [0.5, 0.6) is 0 Å². The summed E-state index contributed by atoms with van der Waals surface area (Å²) in [5, 5.41) is 3.56. The van der Waals surface area contributed by atoms with Crippen molar-refractivity contribution in [1.82, 2.24) is 0 Å². The molecule has 1 aromatic carbocycles. The Labute approximate surface area is 112 Å². The first kappa shape index (κ1) is 13.5. The molecule has 1 nitrogen and oxygen atoms in total. The molecule has 1 N–H and O–H groups in total. The van der Waals surface area contributed by atoms with Gasteiger partial charge in [-0.25, -0.2) is 0 Å². The van der Waals surface area contributed by atoms with Crippen molar-refractivity contribution in [2.45, 2.75) is 64.7 Å². The van der Waals surface area contributed by atoms with E-state index in [0.29, 0.717) is 0 Å². The highest BCUT2D eigenvalue weighted by Gasteiger charge is 2.24. The number of hydrogen-bond acceptors (Lipinski definition) is 1. The third-order valence-corrected chi connectivity index (χ3v) is 4.05. The molecule has 2 rings (SSSR count). The maximum absolute atomic E-state index is 3.56. The first-order valence-electron chi connectivity index (χ1n) is 7.40. The van der Waals surface area contributed by atoms with E-state index in [-0.39, 0.29) is 5.41 Å². The van der Waals surface area contributed by atoms with Crippen molar-refractivity contribution < 1.29 is 0 Å². The van der Waals surface area contributed by atoms with Gasteiger partial charge in [0.2, 0.25) is 0 Å². The van der Waals surface area contributed by atoms with Crippen molar-refractivity contribution in [2.75, 3.05) is 11.9 Å². The number of unbranched alkanes of at least 4 members (excludes halogenated alkanes) is 2. The minimum absolute atomic E-state index is 0.256. The zero-order valence-corrected chi connectivity index (χ0v) is 12.3. The van der Waals surface area contributed by atoms with Gasteiger partial charge < -0.3 is 5.32 Å². The van der Waals surface area contributed by atoms with Crippen LogP contribution in [0.3, 0.4) is 0 Å². The average Bonchev–Trinajstić information content (AvgIpc) is 2.71. The number of fused-ring (bicyclic) bond motifs is 1. The molecule has 0 amide bonds. The second-order valence-electron chi connectivity index (χ2n) is 6.63. The van der Waals surface area contributed by atoms with E-state index in [9.17, 15) is 0 Å². The second-order valence-corrected chi connectivity index (χ2v) is 6.63. The van der Waals surface area contributed by atoms with E-state index >= 15 is 0 Å². The molecule has 0 saturated heterocycles. The fourth-order valence-electron chi connectivity index (χ4n) is 2.77. The lowest BCUT2D eigenvalue weighted by molar-refractivity contribution is 0.580. The molecule has 0 bridgehead atoms. The largest absolute Gasteiger partial charge is 0.384 e. The van der Waals surface area contributed by atoms with Crippen LogP contribution in [-0.4, -0.2) is 6.54 Å². The quantitative estimate of drug-likeness (QED) is 0.730. The highest BCUT2D eigenvalue weighted by Crippen LogP contribution is 2.37. The Morgan fingerprint density at radius 2 is 2.00 bits per heavy atom. The normalized spacial score (nSPS) is 18.6. The summed E-state index contributed by atoms with van der Waals surface area (Å²) in [5.74, 6) is 0.730. The van der Waals surface area contributed by atoms with E-state index in [2.05, 4.69) is 51.2 Å². The van der Waals surface area contributed by atoms with E-state index in [1.807, 2.05) is 0 Å². The van der Waals surface area contributed by atoms with Crippen molar-refractivity contribution in [3.05, 3.63) is 29.3 Å². The Morgan fingerprint density at radius 1 is 1.22 bits per heavy atom. The minimum atomic E-state index is 0.256. The maximum atomic E-state index is 3.56. The molecule has 0 aliphatic carbocycles. The molecular weight excluding hydrogens is 218 g/mol. The lowest BCUT2D eigenvalue weighted by Gasteiger charge is -2.21. The van der Waals surface area contributed by atoms with Crippen molar-refractivity contribution in [3.63, 3.8) is 0 Å². The summed E-state index contributed by atoms with van der Waals surface area (Å²) in [6.45, 7) is 10.3. The number of hydrogen-bond donors (Lipinski definition) is 1. The zero-order chi connectivity index (χ0) is 13.2. The fraction of sp³-hybridized carbons (Fsp3) is 0.647. The maximum Gasteiger partial charge on any atom is 0.0376 e. The molecule has 1 heteroatoms.